The highest BCUT2D eigenvalue weighted by atomic mass is 127. The lowest BCUT2D eigenvalue weighted by Gasteiger charge is -2.33. The maximum Gasteiger partial charge on any atom is 0.252 e. The zero-order valence-corrected chi connectivity index (χ0v) is 14.9. The molecule has 92 valence electrons. The molecule has 16 heavy (non-hydrogen) atoms. The Morgan fingerprint density at radius 2 is 1.88 bits per heavy atom. The summed E-state index contributed by atoms with van der Waals surface area (Å²) in [4.78, 5) is 0. The number of hydrogen-bond donors (Lipinski definition) is 0. The molecule has 2 heterocycles. The van der Waals surface area contributed by atoms with Gasteiger partial charge in [0.25, 0.3) is 5.82 Å². The van der Waals surface area contributed by atoms with Crippen LogP contribution in [0.1, 0.15) is 5.82 Å². The predicted molar refractivity (Wildman–Crippen MR) is 65.4 cm³/mol. The molecule has 0 spiro atoms. The number of halogens is 1. The van der Waals surface area contributed by atoms with Gasteiger partial charge in [0.15, 0.2) is 0 Å². The molecule has 6 heteroatoms. The summed E-state index contributed by atoms with van der Waals surface area (Å²) in [6.45, 7) is 11.5. The van der Waals surface area contributed by atoms with Gasteiger partial charge in [-0.2, -0.15) is 0 Å². The number of nitrogens with zero attached hydrogens (tertiary/aromatic N) is 2. The fourth-order valence-corrected chi connectivity index (χ4v) is 11.3. The third-order valence-corrected chi connectivity index (χ3v) is 9.54. The number of hydrogen-bond acceptors (Lipinski definition) is 1. The van der Waals surface area contributed by atoms with E-state index < -0.39 is 16.6 Å². The van der Waals surface area contributed by atoms with Gasteiger partial charge in [-0.25, -0.2) is 9.13 Å². The van der Waals surface area contributed by atoms with Gasteiger partial charge in [0.1, 0.15) is 24.7 Å². The van der Waals surface area contributed by atoms with E-state index in [2.05, 4.69) is 54.6 Å². The van der Waals surface area contributed by atoms with Crippen LogP contribution in [0.4, 0.5) is 0 Å². The molecule has 0 radical (unpaired) electrons. The van der Waals surface area contributed by atoms with Crippen molar-refractivity contribution in [1.82, 2.24) is 4.57 Å². The van der Waals surface area contributed by atoms with Crippen LogP contribution in [0.15, 0.2) is 12.4 Å². The van der Waals surface area contributed by atoms with E-state index in [0.29, 0.717) is 0 Å². The van der Waals surface area contributed by atoms with E-state index in [0.717, 1.165) is 12.3 Å². The third kappa shape index (κ3) is 2.96. The summed E-state index contributed by atoms with van der Waals surface area (Å²) in [5.74, 6) is 1.37. The largest absolute Gasteiger partial charge is 1.00 e. The van der Waals surface area contributed by atoms with E-state index in [1.807, 2.05) is 0 Å². The molecule has 1 aromatic heterocycles. The van der Waals surface area contributed by atoms with Crippen molar-refractivity contribution >= 4 is 16.6 Å². The molecule has 0 amide bonds. The standard InChI is InChI=1S/C10H21N2OSi2.HI/c1-10-11-6-7-12(10)9-15(4,5)13-14(2,3)8-11;/h6-7H,8-9H2,1-5H3;1H/q+1;/p-1. The molecule has 0 atom stereocenters. The summed E-state index contributed by atoms with van der Waals surface area (Å²) in [6, 6.07) is 0. The lowest BCUT2D eigenvalue weighted by atomic mass is 10.7. The normalized spacial score (nSPS) is 21.8. The maximum absolute atomic E-state index is 6.44. The van der Waals surface area contributed by atoms with E-state index in [1.54, 1.807) is 0 Å². The van der Waals surface area contributed by atoms with Gasteiger partial charge in [-0.3, -0.25) is 0 Å². The molecule has 0 saturated carbocycles. The molecule has 2 rings (SSSR count). The average Bonchev–Trinajstić information content (AvgIpc) is 2.33. The lowest BCUT2D eigenvalue weighted by Crippen LogP contribution is -3.00. The molecule has 2 bridgehead atoms. The topological polar surface area (TPSA) is 18.0 Å². The van der Waals surface area contributed by atoms with Crippen molar-refractivity contribution < 1.29 is 32.7 Å². The average molecular weight is 368 g/mol. The second-order valence-electron chi connectivity index (χ2n) is 5.72. The zero-order chi connectivity index (χ0) is 11.3. The highest BCUT2D eigenvalue weighted by Crippen LogP contribution is 2.19. The summed E-state index contributed by atoms with van der Waals surface area (Å²) in [6.07, 6.45) is 6.57. The van der Waals surface area contributed by atoms with E-state index in [4.69, 9.17) is 4.12 Å². The first kappa shape index (κ1) is 14.4. The molecule has 0 aliphatic carbocycles. The summed E-state index contributed by atoms with van der Waals surface area (Å²) in [5, 5.41) is 0. The van der Waals surface area contributed by atoms with Crippen molar-refractivity contribution in [3.05, 3.63) is 18.2 Å². The van der Waals surface area contributed by atoms with Crippen LogP contribution in [0.5, 0.6) is 0 Å². The SMILES string of the molecule is Cc1n2cc[n+]1C[Si](C)(C)O[Si](C)(C)C2.[I-]. The van der Waals surface area contributed by atoms with Crippen LogP contribution in [-0.2, 0) is 16.5 Å². The first-order valence-corrected chi connectivity index (χ1v) is 11.8. The molecule has 0 saturated heterocycles. The van der Waals surface area contributed by atoms with Crippen molar-refractivity contribution in [1.29, 1.82) is 0 Å². The maximum atomic E-state index is 6.44. The van der Waals surface area contributed by atoms with Gasteiger partial charge in [-0.15, -0.1) is 0 Å². The molecule has 1 aliphatic rings. The first-order chi connectivity index (χ1) is 6.79. The highest BCUT2D eigenvalue weighted by Gasteiger charge is 2.40. The zero-order valence-electron chi connectivity index (χ0n) is 10.7. The Morgan fingerprint density at radius 3 is 2.50 bits per heavy atom. The second kappa shape index (κ2) is 4.54. The number of aromatic nitrogens is 2. The number of imidazole rings is 1. The van der Waals surface area contributed by atoms with E-state index >= 15 is 0 Å². The summed E-state index contributed by atoms with van der Waals surface area (Å²) in [7, 11) is -3.04. The Labute approximate surface area is 117 Å². The van der Waals surface area contributed by atoms with Gasteiger partial charge < -0.3 is 28.1 Å². The number of rotatable bonds is 0. The van der Waals surface area contributed by atoms with Gasteiger partial charge in [0.2, 0.25) is 16.6 Å². The Morgan fingerprint density at radius 1 is 1.25 bits per heavy atom. The molecule has 0 aromatic carbocycles. The van der Waals surface area contributed by atoms with Crippen LogP contribution in [0.2, 0.25) is 26.2 Å². The Balaban J connectivity index is 0.00000128. The van der Waals surface area contributed by atoms with Crippen molar-refractivity contribution in [2.24, 2.45) is 0 Å². The molecule has 1 aliphatic heterocycles. The van der Waals surface area contributed by atoms with Crippen LogP contribution in [0, 0.1) is 6.92 Å². The third-order valence-electron chi connectivity index (χ3n) is 2.91. The quantitative estimate of drug-likeness (QED) is 0.313. The van der Waals surface area contributed by atoms with Crippen molar-refractivity contribution in [2.75, 3.05) is 0 Å². The minimum Gasteiger partial charge on any atom is -1.00 e. The van der Waals surface area contributed by atoms with Gasteiger partial charge in [-0.1, -0.05) is 0 Å². The molecular weight excluding hydrogens is 347 g/mol. The molecule has 0 unspecified atom stereocenters. The summed E-state index contributed by atoms with van der Waals surface area (Å²) < 4.78 is 11.1. The second-order valence-corrected chi connectivity index (χ2v) is 14.2. The highest BCUT2D eigenvalue weighted by molar-refractivity contribution is 6.83. The predicted octanol–water partition coefficient (Wildman–Crippen LogP) is -1.39. The van der Waals surface area contributed by atoms with E-state index in [9.17, 15) is 0 Å². The number of fused-ring (bicyclic) bond motifs is 2. The molecule has 0 fully saturated rings. The first-order valence-electron chi connectivity index (χ1n) is 5.54. The lowest BCUT2D eigenvalue weighted by molar-refractivity contribution is -0.687. The van der Waals surface area contributed by atoms with Crippen LogP contribution in [0.25, 0.3) is 0 Å². The van der Waals surface area contributed by atoms with E-state index in [1.165, 1.54) is 5.82 Å². The van der Waals surface area contributed by atoms with Crippen molar-refractivity contribution in [3.63, 3.8) is 0 Å². The van der Waals surface area contributed by atoms with Crippen LogP contribution in [-0.4, -0.2) is 21.2 Å². The smallest absolute Gasteiger partial charge is 0.252 e. The molecule has 1 aromatic rings. The Bertz CT molecular complexity index is 357. The van der Waals surface area contributed by atoms with E-state index in [-0.39, 0.29) is 24.0 Å². The van der Waals surface area contributed by atoms with Gasteiger partial charge in [0, 0.05) is 6.92 Å². The Kier molecular flexibility index (Phi) is 4.09. The van der Waals surface area contributed by atoms with Gasteiger partial charge in [-0.05, 0) is 26.2 Å². The molecule has 0 N–H and O–H groups in total. The molecular formula is C10H21IN2OSi2. The van der Waals surface area contributed by atoms with Crippen LogP contribution in [0.3, 0.4) is 0 Å². The summed E-state index contributed by atoms with van der Waals surface area (Å²) >= 11 is 0. The molecule has 3 nitrogen and oxygen atoms in total. The minimum absolute atomic E-state index is 0. The fourth-order valence-electron chi connectivity index (χ4n) is 2.51. The van der Waals surface area contributed by atoms with Gasteiger partial charge >= 0.3 is 0 Å². The van der Waals surface area contributed by atoms with Crippen molar-refractivity contribution in [2.45, 2.75) is 45.4 Å². The minimum atomic E-state index is -1.52. The summed E-state index contributed by atoms with van der Waals surface area (Å²) in [5.41, 5.74) is 0. The monoisotopic (exact) mass is 368 g/mol. The van der Waals surface area contributed by atoms with Gasteiger partial charge in [0.05, 0.1) is 0 Å². The van der Waals surface area contributed by atoms with Crippen LogP contribution >= 0.6 is 0 Å². The Hall–Kier alpha value is 0.334. The van der Waals surface area contributed by atoms with Crippen LogP contribution < -0.4 is 28.5 Å². The fraction of sp³-hybridized carbons (Fsp3) is 0.700. The van der Waals surface area contributed by atoms with Crippen molar-refractivity contribution in [3.8, 4) is 0 Å².